The van der Waals surface area contributed by atoms with Gasteiger partial charge in [-0.3, -0.25) is 0 Å². The van der Waals surface area contributed by atoms with E-state index in [0.29, 0.717) is 25.4 Å². The number of hydrogen-bond acceptors (Lipinski definition) is 2. The van der Waals surface area contributed by atoms with Crippen molar-refractivity contribution in [3.8, 4) is 0 Å². The highest BCUT2D eigenvalue weighted by Gasteiger charge is 2.17. The molecule has 0 aliphatic carbocycles. The Morgan fingerprint density at radius 2 is 1.52 bits per heavy atom. The molecule has 1 unspecified atom stereocenters. The molecule has 0 saturated carbocycles. The Hall–Kier alpha value is -1.78. The summed E-state index contributed by atoms with van der Waals surface area (Å²) in [7, 11) is 0. The first-order valence-electron chi connectivity index (χ1n) is 9.71. The number of ether oxygens (including phenoxy) is 1. The van der Waals surface area contributed by atoms with E-state index >= 15 is 0 Å². The molecule has 0 radical (unpaired) electrons. The highest BCUT2D eigenvalue weighted by atomic mass is 19.1. The Morgan fingerprint density at radius 1 is 0.926 bits per heavy atom. The predicted molar refractivity (Wildman–Crippen MR) is 107 cm³/mol. The minimum absolute atomic E-state index is 0.0737. The van der Waals surface area contributed by atoms with E-state index in [2.05, 4.69) is 45.1 Å². The van der Waals surface area contributed by atoms with Gasteiger partial charge >= 0.3 is 0 Å². The maximum Gasteiger partial charge on any atom is 0.129 e. The Labute approximate surface area is 161 Å². The summed E-state index contributed by atoms with van der Waals surface area (Å²) in [5.41, 5.74) is 3.74. The molecule has 0 bridgehead atoms. The Balaban J connectivity index is 1.99. The maximum absolute atomic E-state index is 13.8. The highest BCUT2D eigenvalue weighted by molar-refractivity contribution is 5.35. The van der Waals surface area contributed by atoms with Crippen molar-refractivity contribution < 1.29 is 13.5 Å². The van der Waals surface area contributed by atoms with E-state index in [0.717, 1.165) is 13.1 Å². The third-order valence-electron chi connectivity index (χ3n) is 4.70. The molecule has 2 nitrogen and oxygen atoms in total. The lowest BCUT2D eigenvalue weighted by molar-refractivity contribution is 0.0497. The van der Waals surface area contributed by atoms with E-state index in [-0.39, 0.29) is 11.7 Å². The van der Waals surface area contributed by atoms with Gasteiger partial charge < -0.3 is 10.1 Å². The summed E-state index contributed by atoms with van der Waals surface area (Å²) in [5.74, 6) is -0.410. The van der Waals surface area contributed by atoms with Gasteiger partial charge in [-0.1, -0.05) is 38.1 Å². The zero-order valence-corrected chi connectivity index (χ0v) is 16.8. The summed E-state index contributed by atoms with van der Waals surface area (Å²) in [6.45, 7) is 10.6. The summed E-state index contributed by atoms with van der Waals surface area (Å²) in [6, 6.07) is 10.2. The largest absolute Gasteiger partial charge is 0.372 e. The molecule has 0 aromatic heterocycles. The number of rotatable bonds is 10. The second-order valence-electron chi connectivity index (χ2n) is 7.52. The first-order chi connectivity index (χ1) is 12.9. The van der Waals surface area contributed by atoms with Crippen LogP contribution < -0.4 is 5.32 Å². The van der Waals surface area contributed by atoms with Crippen molar-refractivity contribution in [2.24, 2.45) is 5.92 Å². The van der Waals surface area contributed by atoms with Crippen LogP contribution in [0.3, 0.4) is 0 Å². The van der Waals surface area contributed by atoms with E-state index in [4.69, 9.17) is 4.74 Å². The number of hydrogen-bond donors (Lipinski definition) is 1. The van der Waals surface area contributed by atoms with Gasteiger partial charge in [-0.2, -0.15) is 0 Å². The zero-order valence-electron chi connectivity index (χ0n) is 16.8. The normalized spacial score (nSPS) is 12.6. The van der Waals surface area contributed by atoms with Crippen molar-refractivity contribution in [1.29, 1.82) is 0 Å². The second kappa shape index (κ2) is 10.5. The van der Waals surface area contributed by atoms with Crippen LogP contribution in [0.1, 0.15) is 48.6 Å². The topological polar surface area (TPSA) is 21.3 Å². The van der Waals surface area contributed by atoms with Crippen molar-refractivity contribution in [2.75, 3.05) is 19.7 Å². The molecule has 2 aromatic rings. The van der Waals surface area contributed by atoms with Gasteiger partial charge in [0.05, 0.1) is 6.10 Å². The van der Waals surface area contributed by atoms with Gasteiger partial charge in [0.15, 0.2) is 0 Å². The Bertz CT molecular complexity index is 690. The van der Waals surface area contributed by atoms with Crippen LogP contribution in [0.5, 0.6) is 0 Å². The van der Waals surface area contributed by atoms with Crippen molar-refractivity contribution in [2.45, 2.75) is 46.6 Å². The monoisotopic (exact) mass is 375 g/mol. The van der Waals surface area contributed by atoms with Crippen LogP contribution >= 0.6 is 0 Å². The molecule has 2 rings (SSSR count). The molecule has 0 saturated heterocycles. The van der Waals surface area contributed by atoms with Crippen LogP contribution in [0, 0.1) is 31.4 Å². The maximum atomic E-state index is 13.8. The average Bonchev–Trinajstić information content (AvgIpc) is 2.59. The molecule has 27 heavy (non-hydrogen) atoms. The van der Waals surface area contributed by atoms with Gasteiger partial charge in [-0.05, 0) is 68.0 Å². The molecule has 0 spiro atoms. The summed E-state index contributed by atoms with van der Waals surface area (Å²) < 4.78 is 33.7. The minimum atomic E-state index is -0.486. The van der Waals surface area contributed by atoms with Crippen LogP contribution in [-0.4, -0.2) is 19.7 Å². The van der Waals surface area contributed by atoms with E-state index in [9.17, 15) is 8.78 Å². The van der Waals surface area contributed by atoms with Gasteiger partial charge in [0, 0.05) is 18.7 Å². The van der Waals surface area contributed by atoms with Crippen molar-refractivity contribution in [1.82, 2.24) is 5.32 Å². The quantitative estimate of drug-likeness (QED) is 0.552. The van der Waals surface area contributed by atoms with Crippen molar-refractivity contribution >= 4 is 0 Å². The number of benzene rings is 2. The SMILES string of the molecule is Cc1cccc(C)c1C(CNCC(C)C)OCCCc1c(F)cccc1F. The van der Waals surface area contributed by atoms with E-state index in [1.165, 1.54) is 34.9 Å². The highest BCUT2D eigenvalue weighted by Crippen LogP contribution is 2.25. The third-order valence-corrected chi connectivity index (χ3v) is 4.70. The van der Waals surface area contributed by atoms with Crippen LogP contribution in [0.2, 0.25) is 0 Å². The average molecular weight is 376 g/mol. The lowest BCUT2D eigenvalue weighted by atomic mass is 9.97. The van der Waals surface area contributed by atoms with Crippen molar-refractivity contribution in [3.05, 3.63) is 70.3 Å². The molecule has 1 N–H and O–H groups in total. The molecule has 0 fully saturated rings. The molecular formula is C23H31F2NO. The molecule has 4 heteroatoms. The summed E-state index contributed by atoms with van der Waals surface area (Å²) >= 11 is 0. The summed E-state index contributed by atoms with van der Waals surface area (Å²) in [5, 5.41) is 3.47. The van der Waals surface area contributed by atoms with E-state index in [1.807, 2.05) is 6.07 Å². The summed E-state index contributed by atoms with van der Waals surface area (Å²) in [4.78, 5) is 0. The molecule has 148 valence electrons. The molecular weight excluding hydrogens is 344 g/mol. The van der Waals surface area contributed by atoms with Crippen LogP contribution in [-0.2, 0) is 11.2 Å². The molecule has 0 aliphatic rings. The lowest BCUT2D eigenvalue weighted by Crippen LogP contribution is -2.28. The number of nitrogens with one attached hydrogen (secondary N) is 1. The molecule has 2 aromatic carbocycles. The Kier molecular flexibility index (Phi) is 8.39. The van der Waals surface area contributed by atoms with Gasteiger partial charge in [-0.25, -0.2) is 8.78 Å². The first-order valence-corrected chi connectivity index (χ1v) is 9.71. The van der Waals surface area contributed by atoms with E-state index < -0.39 is 11.6 Å². The fraction of sp³-hybridized carbons (Fsp3) is 0.478. The van der Waals surface area contributed by atoms with Crippen LogP contribution in [0.25, 0.3) is 0 Å². The van der Waals surface area contributed by atoms with Gasteiger partial charge in [0.1, 0.15) is 11.6 Å². The molecule has 0 aliphatic heterocycles. The smallest absolute Gasteiger partial charge is 0.129 e. The lowest BCUT2D eigenvalue weighted by Gasteiger charge is -2.23. The Morgan fingerprint density at radius 3 is 2.11 bits per heavy atom. The van der Waals surface area contributed by atoms with Crippen molar-refractivity contribution in [3.63, 3.8) is 0 Å². The number of aryl methyl sites for hydroxylation is 2. The van der Waals surface area contributed by atoms with Crippen LogP contribution in [0.15, 0.2) is 36.4 Å². The first kappa shape index (κ1) is 21.5. The van der Waals surface area contributed by atoms with Gasteiger partial charge in [-0.15, -0.1) is 0 Å². The predicted octanol–water partition coefficient (Wildman–Crippen LogP) is 5.52. The zero-order chi connectivity index (χ0) is 19.8. The fourth-order valence-electron chi connectivity index (χ4n) is 3.33. The third kappa shape index (κ3) is 6.40. The van der Waals surface area contributed by atoms with Gasteiger partial charge in [0.25, 0.3) is 0 Å². The second-order valence-corrected chi connectivity index (χ2v) is 7.52. The molecule has 0 heterocycles. The molecule has 0 amide bonds. The van der Waals surface area contributed by atoms with E-state index in [1.54, 1.807) is 0 Å². The number of halogens is 2. The van der Waals surface area contributed by atoms with Crippen LogP contribution in [0.4, 0.5) is 8.78 Å². The standard InChI is InChI=1S/C23H31F2NO/c1-16(2)14-26-15-22(23-17(3)8-5-9-18(23)4)27-13-7-10-19-20(24)11-6-12-21(19)25/h5-6,8-9,11-12,16,22,26H,7,10,13-15H2,1-4H3. The fourth-order valence-corrected chi connectivity index (χ4v) is 3.33. The van der Waals surface area contributed by atoms with Gasteiger partial charge in [0.2, 0.25) is 0 Å². The minimum Gasteiger partial charge on any atom is -0.372 e. The molecule has 1 atom stereocenters. The summed E-state index contributed by atoms with van der Waals surface area (Å²) in [6.07, 6.45) is 0.830.